The van der Waals surface area contributed by atoms with E-state index in [4.69, 9.17) is 26.2 Å². The van der Waals surface area contributed by atoms with Crippen molar-refractivity contribution in [2.45, 2.75) is 18.8 Å². The van der Waals surface area contributed by atoms with Crippen LogP contribution in [0.5, 0.6) is 11.5 Å². The van der Waals surface area contributed by atoms with Crippen molar-refractivity contribution in [1.82, 2.24) is 5.32 Å². The van der Waals surface area contributed by atoms with E-state index in [0.717, 1.165) is 5.56 Å². The van der Waals surface area contributed by atoms with E-state index >= 15 is 0 Å². The Kier molecular flexibility index (Phi) is 5.91. The molecule has 1 aromatic carbocycles. The molecule has 0 amide bonds. The summed E-state index contributed by atoms with van der Waals surface area (Å²) in [4.78, 5) is 0. The molecule has 1 unspecified atom stereocenters. The molecule has 0 aliphatic rings. The van der Waals surface area contributed by atoms with Crippen molar-refractivity contribution in [2.75, 3.05) is 20.8 Å². The quantitative estimate of drug-likeness (QED) is 0.846. The lowest BCUT2D eigenvalue weighted by Crippen LogP contribution is -2.34. The average molecular weight is 314 g/mol. The zero-order valence-corrected chi connectivity index (χ0v) is 11.7. The second kappa shape index (κ2) is 7.01. The van der Waals surface area contributed by atoms with Crippen LogP contribution in [0, 0.1) is 0 Å². The fourth-order valence-electron chi connectivity index (χ4n) is 1.48. The standard InChI is InChI=1S/C12H15ClF3NO3/c1-17-5-7-3-8(13)11(9(4-7)19-2)20-6-10(18)12(14,15)16/h3-4,10,17-18H,5-6H2,1-2H3. The van der Waals surface area contributed by atoms with Gasteiger partial charge in [-0.3, -0.25) is 0 Å². The Hall–Kier alpha value is -1.18. The number of aliphatic hydroxyl groups excluding tert-OH is 1. The molecule has 20 heavy (non-hydrogen) atoms. The molecule has 0 spiro atoms. The number of rotatable bonds is 6. The first-order chi connectivity index (χ1) is 9.29. The van der Waals surface area contributed by atoms with Gasteiger partial charge in [-0.05, 0) is 24.7 Å². The largest absolute Gasteiger partial charge is 0.493 e. The van der Waals surface area contributed by atoms with Crippen LogP contribution in [0.2, 0.25) is 5.02 Å². The van der Waals surface area contributed by atoms with E-state index < -0.39 is 18.9 Å². The van der Waals surface area contributed by atoms with Gasteiger partial charge in [-0.15, -0.1) is 0 Å². The summed E-state index contributed by atoms with van der Waals surface area (Å²) in [5.74, 6) is 0.175. The molecule has 0 heterocycles. The Morgan fingerprint density at radius 1 is 1.40 bits per heavy atom. The Morgan fingerprint density at radius 2 is 2.05 bits per heavy atom. The first-order valence-corrected chi connectivity index (χ1v) is 6.06. The predicted molar refractivity (Wildman–Crippen MR) is 68.3 cm³/mol. The summed E-state index contributed by atoms with van der Waals surface area (Å²) < 4.78 is 46.6. The highest BCUT2D eigenvalue weighted by atomic mass is 35.5. The van der Waals surface area contributed by atoms with Gasteiger partial charge in [0.05, 0.1) is 12.1 Å². The summed E-state index contributed by atoms with van der Waals surface area (Å²) in [6, 6.07) is 3.15. The maximum Gasteiger partial charge on any atom is 0.417 e. The highest BCUT2D eigenvalue weighted by Crippen LogP contribution is 2.37. The summed E-state index contributed by atoms with van der Waals surface area (Å²) in [7, 11) is 3.09. The number of nitrogens with one attached hydrogen (secondary N) is 1. The smallest absolute Gasteiger partial charge is 0.417 e. The fraction of sp³-hybridized carbons (Fsp3) is 0.500. The molecule has 8 heteroatoms. The van der Waals surface area contributed by atoms with Crippen LogP contribution in [-0.2, 0) is 6.54 Å². The van der Waals surface area contributed by atoms with E-state index in [0.29, 0.717) is 6.54 Å². The van der Waals surface area contributed by atoms with E-state index in [-0.39, 0.29) is 16.5 Å². The van der Waals surface area contributed by atoms with Crippen LogP contribution in [0.15, 0.2) is 12.1 Å². The molecule has 1 aromatic rings. The molecule has 1 rings (SSSR count). The molecule has 0 saturated carbocycles. The number of benzene rings is 1. The van der Waals surface area contributed by atoms with E-state index in [9.17, 15) is 13.2 Å². The van der Waals surface area contributed by atoms with Crippen molar-refractivity contribution < 1.29 is 27.8 Å². The Labute approximate surface area is 119 Å². The Balaban J connectivity index is 2.89. The normalized spacial score (nSPS) is 13.2. The van der Waals surface area contributed by atoms with E-state index in [2.05, 4.69) is 5.32 Å². The molecule has 4 nitrogen and oxygen atoms in total. The first kappa shape index (κ1) is 16.9. The molecule has 0 aliphatic heterocycles. The minimum absolute atomic E-state index is 0.0303. The molecule has 0 fully saturated rings. The van der Waals surface area contributed by atoms with Crippen molar-refractivity contribution in [3.63, 3.8) is 0 Å². The Morgan fingerprint density at radius 3 is 2.55 bits per heavy atom. The van der Waals surface area contributed by atoms with Crippen LogP contribution in [0.4, 0.5) is 13.2 Å². The van der Waals surface area contributed by atoms with Gasteiger partial charge in [-0.1, -0.05) is 11.6 Å². The second-order valence-electron chi connectivity index (χ2n) is 4.01. The molecule has 0 bridgehead atoms. The highest BCUT2D eigenvalue weighted by Gasteiger charge is 2.39. The third kappa shape index (κ3) is 4.43. The van der Waals surface area contributed by atoms with E-state index in [1.165, 1.54) is 7.11 Å². The average Bonchev–Trinajstić information content (AvgIpc) is 2.35. The molecular weight excluding hydrogens is 299 g/mol. The maximum absolute atomic E-state index is 12.2. The lowest BCUT2D eigenvalue weighted by atomic mass is 10.2. The molecule has 0 aromatic heterocycles. The van der Waals surface area contributed by atoms with Gasteiger partial charge in [0, 0.05) is 6.54 Å². The van der Waals surface area contributed by atoms with Crippen LogP contribution in [0.1, 0.15) is 5.56 Å². The van der Waals surface area contributed by atoms with Crippen LogP contribution in [-0.4, -0.2) is 38.2 Å². The molecule has 114 valence electrons. The van der Waals surface area contributed by atoms with Crippen LogP contribution >= 0.6 is 11.6 Å². The molecular formula is C12H15ClF3NO3. The molecule has 1 atom stereocenters. The number of alkyl halides is 3. The number of hydrogen-bond acceptors (Lipinski definition) is 4. The number of methoxy groups -OCH3 is 1. The van der Waals surface area contributed by atoms with Crippen molar-refractivity contribution in [1.29, 1.82) is 0 Å². The number of halogens is 4. The van der Waals surface area contributed by atoms with Gasteiger partial charge < -0.3 is 19.9 Å². The minimum Gasteiger partial charge on any atom is -0.493 e. The van der Waals surface area contributed by atoms with Gasteiger partial charge in [-0.25, -0.2) is 0 Å². The molecule has 0 radical (unpaired) electrons. The summed E-state index contributed by atoms with van der Waals surface area (Å²) >= 11 is 5.95. The lowest BCUT2D eigenvalue weighted by molar-refractivity contribution is -0.210. The van der Waals surface area contributed by atoms with Crippen molar-refractivity contribution >= 4 is 11.6 Å². The van der Waals surface area contributed by atoms with Crippen molar-refractivity contribution in [2.24, 2.45) is 0 Å². The molecule has 0 saturated heterocycles. The molecule has 0 aliphatic carbocycles. The maximum atomic E-state index is 12.2. The zero-order valence-electron chi connectivity index (χ0n) is 10.9. The van der Waals surface area contributed by atoms with E-state index in [1.54, 1.807) is 19.2 Å². The van der Waals surface area contributed by atoms with Crippen LogP contribution in [0.3, 0.4) is 0 Å². The van der Waals surface area contributed by atoms with Crippen LogP contribution in [0.25, 0.3) is 0 Å². The van der Waals surface area contributed by atoms with Crippen LogP contribution < -0.4 is 14.8 Å². The monoisotopic (exact) mass is 313 g/mol. The topological polar surface area (TPSA) is 50.7 Å². The number of ether oxygens (including phenoxy) is 2. The van der Waals surface area contributed by atoms with Gasteiger partial charge in [-0.2, -0.15) is 13.2 Å². The first-order valence-electron chi connectivity index (χ1n) is 5.68. The van der Waals surface area contributed by atoms with E-state index in [1.807, 2.05) is 0 Å². The Bertz CT molecular complexity index is 454. The second-order valence-corrected chi connectivity index (χ2v) is 4.41. The molecule has 2 N–H and O–H groups in total. The number of hydrogen-bond donors (Lipinski definition) is 2. The van der Waals surface area contributed by atoms with Crippen molar-refractivity contribution in [3.8, 4) is 11.5 Å². The summed E-state index contributed by atoms with van der Waals surface area (Å²) in [5.41, 5.74) is 0.790. The van der Waals surface area contributed by atoms with Gasteiger partial charge in [0.25, 0.3) is 0 Å². The van der Waals surface area contributed by atoms with Gasteiger partial charge in [0.1, 0.15) is 6.61 Å². The predicted octanol–water partition coefficient (Wildman–Crippen LogP) is 2.37. The third-order valence-electron chi connectivity index (χ3n) is 2.43. The third-order valence-corrected chi connectivity index (χ3v) is 2.71. The van der Waals surface area contributed by atoms with Gasteiger partial charge in [0.2, 0.25) is 0 Å². The summed E-state index contributed by atoms with van der Waals surface area (Å²) in [5, 5.41) is 11.9. The number of aliphatic hydroxyl groups is 1. The fourth-order valence-corrected chi connectivity index (χ4v) is 1.76. The van der Waals surface area contributed by atoms with Gasteiger partial charge in [0.15, 0.2) is 17.6 Å². The van der Waals surface area contributed by atoms with Gasteiger partial charge >= 0.3 is 6.18 Å². The minimum atomic E-state index is -4.74. The lowest BCUT2D eigenvalue weighted by Gasteiger charge is -2.18. The highest BCUT2D eigenvalue weighted by molar-refractivity contribution is 6.32. The summed E-state index contributed by atoms with van der Waals surface area (Å²) in [6.45, 7) is -0.438. The SMILES string of the molecule is CNCc1cc(Cl)c(OCC(O)C(F)(F)F)c(OC)c1. The summed E-state index contributed by atoms with van der Waals surface area (Å²) in [6.07, 6.45) is -7.33. The zero-order chi connectivity index (χ0) is 15.3. The van der Waals surface area contributed by atoms with Crippen molar-refractivity contribution in [3.05, 3.63) is 22.7 Å².